The van der Waals surface area contributed by atoms with E-state index in [-0.39, 0.29) is 5.91 Å². The van der Waals surface area contributed by atoms with Gasteiger partial charge in [-0.25, -0.2) is 4.98 Å². The maximum atomic E-state index is 11.0. The monoisotopic (exact) mass is 220 g/mol. The first kappa shape index (κ1) is 9.93. The Bertz CT molecular complexity index is 525. The van der Waals surface area contributed by atoms with Crippen LogP contribution in [-0.2, 0) is 4.79 Å². The summed E-state index contributed by atoms with van der Waals surface area (Å²) in [5.41, 5.74) is 0. The van der Waals surface area contributed by atoms with Crippen molar-refractivity contribution < 1.29 is 4.79 Å². The number of anilines is 1. The molecule has 1 aromatic heterocycles. The maximum Gasteiger partial charge on any atom is 0.222 e. The highest BCUT2D eigenvalue weighted by Crippen LogP contribution is 2.24. The van der Waals surface area contributed by atoms with E-state index in [0.29, 0.717) is 11.0 Å². The third-order valence-electron chi connectivity index (χ3n) is 2.00. The number of rotatable bonds is 1. The standard InChI is InChI=1S/C11H9ClN2O/c1-7(15)13-11-9-5-3-2-4-8(9)6-10(12)14-11/h2-6H,1H3,(H,13,14,15). The van der Waals surface area contributed by atoms with E-state index in [2.05, 4.69) is 10.3 Å². The van der Waals surface area contributed by atoms with Gasteiger partial charge in [-0.1, -0.05) is 35.9 Å². The molecule has 0 aliphatic heterocycles. The van der Waals surface area contributed by atoms with E-state index in [9.17, 15) is 4.79 Å². The number of benzene rings is 1. The van der Waals surface area contributed by atoms with Crippen molar-refractivity contribution in [1.82, 2.24) is 4.98 Å². The fourth-order valence-electron chi connectivity index (χ4n) is 1.43. The lowest BCUT2D eigenvalue weighted by atomic mass is 10.1. The molecule has 0 fully saturated rings. The number of nitrogens with zero attached hydrogens (tertiary/aromatic N) is 1. The highest BCUT2D eigenvalue weighted by atomic mass is 35.5. The van der Waals surface area contributed by atoms with Gasteiger partial charge in [0.1, 0.15) is 11.0 Å². The third-order valence-corrected chi connectivity index (χ3v) is 2.20. The summed E-state index contributed by atoms with van der Waals surface area (Å²) >= 11 is 5.84. The van der Waals surface area contributed by atoms with E-state index in [1.807, 2.05) is 24.3 Å². The van der Waals surface area contributed by atoms with E-state index in [0.717, 1.165) is 10.8 Å². The lowest BCUT2D eigenvalue weighted by Crippen LogP contribution is -2.07. The SMILES string of the molecule is CC(=O)Nc1nc(Cl)cc2ccccc12. The summed E-state index contributed by atoms with van der Waals surface area (Å²) in [6.45, 7) is 1.44. The lowest BCUT2D eigenvalue weighted by molar-refractivity contribution is -0.114. The zero-order valence-corrected chi connectivity index (χ0v) is 8.88. The van der Waals surface area contributed by atoms with E-state index < -0.39 is 0 Å². The second-order valence-corrected chi connectivity index (χ2v) is 3.58. The van der Waals surface area contributed by atoms with Crippen LogP contribution in [0.4, 0.5) is 5.82 Å². The van der Waals surface area contributed by atoms with Crippen LogP contribution in [0, 0.1) is 0 Å². The van der Waals surface area contributed by atoms with Crippen molar-refractivity contribution in [3.8, 4) is 0 Å². The molecule has 2 aromatic rings. The predicted molar refractivity (Wildman–Crippen MR) is 61.1 cm³/mol. The molecule has 0 spiro atoms. The van der Waals surface area contributed by atoms with Crippen LogP contribution < -0.4 is 5.32 Å². The number of fused-ring (bicyclic) bond motifs is 1. The minimum Gasteiger partial charge on any atom is -0.310 e. The molecule has 0 radical (unpaired) electrons. The summed E-state index contributed by atoms with van der Waals surface area (Å²) in [5.74, 6) is 0.348. The number of nitrogens with one attached hydrogen (secondary N) is 1. The van der Waals surface area contributed by atoms with Crippen LogP contribution in [0.15, 0.2) is 30.3 Å². The maximum absolute atomic E-state index is 11.0. The lowest BCUT2D eigenvalue weighted by Gasteiger charge is -2.06. The first-order chi connectivity index (χ1) is 7.16. The number of carbonyl (C=O) groups excluding carboxylic acids is 1. The fourth-order valence-corrected chi connectivity index (χ4v) is 1.63. The molecule has 3 nitrogen and oxygen atoms in total. The van der Waals surface area contributed by atoms with Crippen LogP contribution in [0.25, 0.3) is 10.8 Å². The highest BCUT2D eigenvalue weighted by Gasteiger charge is 2.05. The summed E-state index contributed by atoms with van der Waals surface area (Å²) in [5, 5.41) is 4.87. The molecule has 0 atom stereocenters. The van der Waals surface area contributed by atoms with Crippen LogP contribution in [0.3, 0.4) is 0 Å². The van der Waals surface area contributed by atoms with Crippen LogP contribution in [-0.4, -0.2) is 10.9 Å². The molecule has 1 N–H and O–H groups in total. The molecular weight excluding hydrogens is 212 g/mol. The van der Waals surface area contributed by atoms with Crippen LogP contribution in [0.5, 0.6) is 0 Å². The highest BCUT2D eigenvalue weighted by molar-refractivity contribution is 6.30. The van der Waals surface area contributed by atoms with Crippen LogP contribution >= 0.6 is 11.6 Å². The van der Waals surface area contributed by atoms with E-state index in [1.54, 1.807) is 6.07 Å². The van der Waals surface area contributed by atoms with Gasteiger partial charge in [0.2, 0.25) is 5.91 Å². The molecule has 1 amide bonds. The molecular formula is C11H9ClN2O. The largest absolute Gasteiger partial charge is 0.310 e. The Morgan fingerprint density at radius 1 is 1.40 bits per heavy atom. The topological polar surface area (TPSA) is 42.0 Å². The van der Waals surface area contributed by atoms with Crippen LogP contribution in [0.2, 0.25) is 5.15 Å². The van der Waals surface area contributed by atoms with E-state index in [1.165, 1.54) is 6.92 Å². The average molecular weight is 221 g/mol. The average Bonchev–Trinajstić information content (AvgIpc) is 2.16. The van der Waals surface area contributed by atoms with Gasteiger partial charge in [-0.05, 0) is 11.5 Å². The zero-order valence-electron chi connectivity index (χ0n) is 8.12. The van der Waals surface area contributed by atoms with Gasteiger partial charge in [-0.3, -0.25) is 4.79 Å². The zero-order chi connectivity index (χ0) is 10.8. The van der Waals surface area contributed by atoms with Gasteiger partial charge < -0.3 is 5.32 Å². The smallest absolute Gasteiger partial charge is 0.222 e. The molecule has 76 valence electrons. The Kier molecular flexibility index (Phi) is 2.56. The Labute approximate surface area is 92.1 Å². The van der Waals surface area contributed by atoms with Gasteiger partial charge in [0.05, 0.1) is 0 Å². The quantitative estimate of drug-likeness (QED) is 0.751. The minimum absolute atomic E-state index is 0.157. The molecule has 0 unspecified atom stereocenters. The van der Waals surface area contributed by atoms with Crippen molar-refractivity contribution in [2.75, 3.05) is 5.32 Å². The second kappa shape index (κ2) is 3.87. The number of carbonyl (C=O) groups is 1. The Morgan fingerprint density at radius 3 is 2.87 bits per heavy atom. The molecule has 0 saturated heterocycles. The van der Waals surface area contributed by atoms with Gasteiger partial charge in [-0.15, -0.1) is 0 Å². The molecule has 2 rings (SSSR count). The number of pyridine rings is 1. The normalized spacial score (nSPS) is 10.3. The second-order valence-electron chi connectivity index (χ2n) is 3.20. The van der Waals surface area contributed by atoms with Crippen molar-refractivity contribution in [2.24, 2.45) is 0 Å². The number of aromatic nitrogens is 1. The van der Waals surface area contributed by atoms with E-state index >= 15 is 0 Å². The van der Waals surface area contributed by atoms with Gasteiger partial charge in [0.15, 0.2) is 0 Å². The Hall–Kier alpha value is -1.61. The first-order valence-electron chi connectivity index (χ1n) is 4.50. The predicted octanol–water partition coefficient (Wildman–Crippen LogP) is 2.85. The van der Waals surface area contributed by atoms with Crippen molar-refractivity contribution in [3.63, 3.8) is 0 Å². The molecule has 0 aliphatic rings. The fraction of sp³-hybridized carbons (Fsp3) is 0.0909. The summed E-state index contributed by atoms with van der Waals surface area (Å²) < 4.78 is 0. The summed E-state index contributed by atoms with van der Waals surface area (Å²) in [6.07, 6.45) is 0. The molecule has 1 aromatic carbocycles. The Balaban J connectivity index is 2.65. The van der Waals surface area contributed by atoms with Crippen molar-refractivity contribution in [3.05, 3.63) is 35.5 Å². The van der Waals surface area contributed by atoms with Crippen molar-refractivity contribution >= 4 is 34.1 Å². The number of halogens is 1. The van der Waals surface area contributed by atoms with E-state index in [4.69, 9.17) is 11.6 Å². The summed E-state index contributed by atoms with van der Waals surface area (Å²) in [6, 6.07) is 9.39. The van der Waals surface area contributed by atoms with Gasteiger partial charge in [0, 0.05) is 12.3 Å². The number of hydrogen-bond donors (Lipinski definition) is 1. The van der Waals surface area contributed by atoms with Gasteiger partial charge in [0.25, 0.3) is 0 Å². The molecule has 15 heavy (non-hydrogen) atoms. The number of hydrogen-bond acceptors (Lipinski definition) is 2. The molecule has 0 saturated carbocycles. The Morgan fingerprint density at radius 2 is 2.13 bits per heavy atom. The van der Waals surface area contributed by atoms with Crippen molar-refractivity contribution in [2.45, 2.75) is 6.92 Å². The first-order valence-corrected chi connectivity index (χ1v) is 4.87. The van der Waals surface area contributed by atoms with Gasteiger partial charge >= 0.3 is 0 Å². The van der Waals surface area contributed by atoms with Crippen LogP contribution in [0.1, 0.15) is 6.92 Å². The van der Waals surface area contributed by atoms with Gasteiger partial charge in [-0.2, -0.15) is 0 Å². The molecule has 0 aliphatic carbocycles. The third kappa shape index (κ3) is 2.07. The summed E-state index contributed by atoms with van der Waals surface area (Å²) in [4.78, 5) is 15.0. The molecule has 1 heterocycles. The summed E-state index contributed by atoms with van der Waals surface area (Å²) in [7, 11) is 0. The molecule has 4 heteroatoms. The molecule has 0 bridgehead atoms. The van der Waals surface area contributed by atoms with Crippen molar-refractivity contribution in [1.29, 1.82) is 0 Å². The number of amides is 1. The minimum atomic E-state index is -0.157.